The van der Waals surface area contributed by atoms with Gasteiger partial charge in [0.2, 0.25) is 0 Å². The Morgan fingerprint density at radius 1 is 0.576 bits per heavy atom. The monoisotopic (exact) mass is 446 g/mol. The molecular weight excluding hydrogens is 404 g/mol. The summed E-state index contributed by atoms with van der Waals surface area (Å²) >= 11 is 0. The van der Waals surface area contributed by atoms with E-state index >= 15 is 0 Å². The third-order valence-electron chi connectivity index (χ3n) is 7.06. The molecule has 0 amide bonds. The van der Waals surface area contributed by atoms with Crippen molar-refractivity contribution in [2.24, 2.45) is 0 Å². The molecule has 178 valence electrons. The summed E-state index contributed by atoms with van der Waals surface area (Å²) in [7, 11) is 0. The molecule has 1 aliphatic rings. The van der Waals surface area contributed by atoms with Crippen molar-refractivity contribution in [1.82, 2.24) is 0 Å². The SMILES string of the molecule is CCCCCCCCCCCCCCCCCC(=O)c1ccc2c(c1)C(=O)c1ccccc1-2. The highest BCUT2D eigenvalue weighted by Gasteiger charge is 2.26. The fraction of sp³-hybridized carbons (Fsp3) is 0.548. The Morgan fingerprint density at radius 2 is 1.06 bits per heavy atom. The lowest BCUT2D eigenvalue weighted by atomic mass is 9.98. The van der Waals surface area contributed by atoms with E-state index in [1.54, 1.807) is 0 Å². The summed E-state index contributed by atoms with van der Waals surface area (Å²) in [6, 6.07) is 13.3. The van der Waals surface area contributed by atoms with E-state index in [4.69, 9.17) is 0 Å². The highest BCUT2D eigenvalue weighted by atomic mass is 16.1. The number of hydrogen-bond donors (Lipinski definition) is 0. The number of Topliss-reactive ketones (excluding diaryl/α,β-unsaturated/α-hetero) is 1. The summed E-state index contributed by atoms with van der Waals surface area (Å²) in [5.74, 6) is 0.207. The summed E-state index contributed by atoms with van der Waals surface area (Å²) in [6.45, 7) is 2.28. The predicted molar refractivity (Wildman–Crippen MR) is 139 cm³/mol. The number of rotatable bonds is 17. The molecule has 2 aromatic carbocycles. The Bertz CT molecular complexity index is 896. The van der Waals surface area contributed by atoms with Crippen LogP contribution in [0.3, 0.4) is 0 Å². The lowest BCUT2D eigenvalue weighted by molar-refractivity contribution is 0.0979. The molecule has 2 nitrogen and oxygen atoms in total. The average Bonchev–Trinajstić information content (AvgIpc) is 3.13. The predicted octanol–water partition coefficient (Wildman–Crippen LogP) is 9.34. The standard InChI is InChI=1S/C31H42O2/c1-2-3-4-5-6-7-8-9-10-11-12-13-14-15-16-21-30(32)25-22-23-27-26-19-17-18-20-28(26)31(33)29(27)24-25/h17-20,22-24H,2-16,21H2,1H3. The number of carbonyl (C=O) groups is 2. The van der Waals surface area contributed by atoms with Gasteiger partial charge in [0.1, 0.15) is 0 Å². The quantitative estimate of drug-likeness (QED) is 0.153. The number of ketones is 2. The lowest BCUT2D eigenvalue weighted by Crippen LogP contribution is -2.02. The van der Waals surface area contributed by atoms with Crippen LogP contribution in [-0.2, 0) is 0 Å². The van der Waals surface area contributed by atoms with Crippen LogP contribution in [0.5, 0.6) is 0 Å². The van der Waals surface area contributed by atoms with Crippen LogP contribution in [0.25, 0.3) is 11.1 Å². The molecule has 2 aromatic rings. The van der Waals surface area contributed by atoms with Crippen LogP contribution in [0.1, 0.15) is 136 Å². The van der Waals surface area contributed by atoms with Gasteiger partial charge in [-0.1, -0.05) is 133 Å². The van der Waals surface area contributed by atoms with Gasteiger partial charge in [0.05, 0.1) is 0 Å². The first kappa shape index (κ1) is 25.4. The molecule has 0 heterocycles. The first-order valence-electron chi connectivity index (χ1n) is 13.5. The summed E-state index contributed by atoms with van der Waals surface area (Å²) in [5.41, 5.74) is 4.05. The van der Waals surface area contributed by atoms with E-state index in [-0.39, 0.29) is 11.6 Å². The normalized spacial score (nSPS) is 12.1. The Labute approximate surface area is 201 Å². The maximum Gasteiger partial charge on any atom is 0.194 e. The molecule has 1 aliphatic carbocycles. The van der Waals surface area contributed by atoms with Gasteiger partial charge in [0, 0.05) is 23.1 Å². The van der Waals surface area contributed by atoms with Crippen molar-refractivity contribution in [2.75, 3.05) is 0 Å². The number of benzene rings is 2. The molecule has 0 saturated carbocycles. The highest BCUT2D eigenvalue weighted by molar-refractivity contribution is 6.22. The van der Waals surface area contributed by atoms with Gasteiger partial charge in [-0.05, 0) is 23.6 Å². The van der Waals surface area contributed by atoms with Gasteiger partial charge in [0.15, 0.2) is 11.6 Å². The molecule has 0 bridgehead atoms. The Hall–Kier alpha value is -2.22. The van der Waals surface area contributed by atoms with Crippen LogP contribution in [-0.4, -0.2) is 11.6 Å². The number of hydrogen-bond acceptors (Lipinski definition) is 2. The minimum Gasteiger partial charge on any atom is -0.294 e. The maximum atomic E-state index is 12.7. The number of carbonyl (C=O) groups excluding carboxylic acids is 2. The zero-order valence-corrected chi connectivity index (χ0v) is 20.7. The largest absolute Gasteiger partial charge is 0.294 e. The number of unbranched alkanes of at least 4 members (excludes halogenated alkanes) is 14. The fourth-order valence-corrected chi connectivity index (χ4v) is 5.00. The molecule has 0 radical (unpaired) electrons. The van der Waals surface area contributed by atoms with E-state index in [0.717, 1.165) is 29.5 Å². The smallest absolute Gasteiger partial charge is 0.194 e. The van der Waals surface area contributed by atoms with Gasteiger partial charge >= 0.3 is 0 Å². The third-order valence-corrected chi connectivity index (χ3v) is 7.06. The van der Waals surface area contributed by atoms with Crippen molar-refractivity contribution in [3.63, 3.8) is 0 Å². The molecule has 0 spiro atoms. The zero-order valence-electron chi connectivity index (χ0n) is 20.7. The van der Waals surface area contributed by atoms with Crippen molar-refractivity contribution < 1.29 is 9.59 Å². The molecular formula is C31H42O2. The first-order chi connectivity index (χ1) is 16.2. The number of fused-ring (bicyclic) bond motifs is 3. The van der Waals surface area contributed by atoms with Crippen LogP contribution in [0.2, 0.25) is 0 Å². The van der Waals surface area contributed by atoms with E-state index in [1.165, 1.54) is 83.5 Å². The van der Waals surface area contributed by atoms with E-state index in [9.17, 15) is 9.59 Å². The van der Waals surface area contributed by atoms with Gasteiger partial charge in [-0.3, -0.25) is 9.59 Å². The average molecular weight is 447 g/mol. The summed E-state index contributed by atoms with van der Waals surface area (Å²) in [6.07, 6.45) is 20.5. The minimum absolute atomic E-state index is 0.0437. The first-order valence-corrected chi connectivity index (χ1v) is 13.5. The van der Waals surface area contributed by atoms with Gasteiger partial charge in [0.25, 0.3) is 0 Å². The Morgan fingerprint density at radius 3 is 1.64 bits per heavy atom. The minimum atomic E-state index is 0.0437. The van der Waals surface area contributed by atoms with Crippen molar-refractivity contribution in [3.8, 4) is 11.1 Å². The molecule has 0 unspecified atom stereocenters. The highest BCUT2D eigenvalue weighted by Crippen LogP contribution is 2.36. The molecule has 33 heavy (non-hydrogen) atoms. The van der Waals surface area contributed by atoms with Crippen molar-refractivity contribution in [1.29, 1.82) is 0 Å². The molecule has 0 N–H and O–H groups in total. The van der Waals surface area contributed by atoms with Crippen LogP contribution in [0.4, 0.5) is 0 Å². The second kappa shape index (κ2) is 14.1. The molecule has 0 aromatic heterocycles. The van der Waals surface area contributed by atoms with E-state index in [1.807, 2.05) is 42.5 Å². The van der Waals surface area contributed by atoms with Crippen LogP contribution in [0, 0.1) is 0 Å². The molecule has 0 fully saturated rings. The van der Waals surface area contributed by atoms with Gasteiger partial charge in [-0.25, -0.2) is 0 Å². The van der Waals surface area contributed by atoms with E-state index in [0.29, 0.717) is 17.5 Å². The Balaban J connectivity index is 1.23. The van der Waals surface area contributed by atoms with Gasteiger partial charge in [-0.2, -0.15) is 0 Å². The summed E-state index contributed by atoms with van der Waals surface area (Å²) in [5, 5.41) is 0. The second-order valence-corrected chi connectivity index (χ2v) is 9.76. The molecule has 0 aliphatic heterocycles. The van der Waals surface area contributed by atoms with Crippen LogP contribution >= 0.6 is 0 Å². The summed E-state index contributed by atoms with van der Waals surface area (Å²) in [4.78, 5) is 25.3. The molecule has 3 rings (SSSR count). The third kappa shape index (κ3) is 7.66. The fourth-order valence-electron chi connectivity index (χ4n) is 5.00. The van der Waals surface area contributed by atoms with E-state index < -0.39 is 0 Å². The maximum absolute atomic E-state index is 12.7. The molecule has 0 atom stereocenters. The topological polar surface area (TPSA) is 34.1 Å². The van der Waals surface area contributed by atoms with Crippen LogP contribution in [0.15, 0.2) is 42.5 Å². The van der Waals surface area contributed by atoms with E-state index in [2.05, 4.69) is 6.92 Å². The molecule has 2 heteroatoms. The van der Waals surface area contributed by atoms with Crippen molar-refractivity contribution in [3.05, 3.63) is 59.2 Å². The lowest BCUT2D eigenvalue weighted by Gasteiger charge is -2.05. The zero-order chi connectivity index (χ0) is 23.3. The Kier molecular flexibility index (Phi) is 10.9. The van der Waals surface area contributed by atoms with Gasteiger partial charge in [-0.15, -0.1) is 0 Å². The van der Waals surface area contributed by atoms with Crippen molar-refractivity contribution >= 4 is 11.6 Å². The van der Waals surface area contributed by atoms with Gasteiger partial charge < -0.3 is 0 Å². The van der Waals surface area contributed by atoms with Crippen molar-refractivity contribution in [2.45, 2.75) is 110 Å². The second-order valence-electron chi connectivity index (χ2n) is 9.76. The summed E-state index contributed by atoms with van der Waals surface area (Å²) < 4.78 is 0. The molecule has 0 saturated heterocycles. The van der Waals surface area contributed by atoms with Crippen LogP contribution < -0.4 is 0 Å².